The number of halogens is 1. The van der Waals surface area contributed by atoms with Crippen LogP contribution in [0, 0.1) is 0 Å². The molecule has 8 heteroatoms. The van der Waals surface area contributed by atoms with Crippen LogP contribution in [0.5, 0.6) is 0 Å². The fraction of sp³-hybridized carbons (Fsp3) is 0.158. The summed E-state index contributed by atoms with van der Waals surface area (Å²) in [5.74, 6) is 1.33. The molecule has 2 aromatic carbocycles. The van der Waals surface area contributed by atoms with Gasteiger partial charge < -0.3 is 9.51 Å². The molecule has 2 aromatic heterocycles. The maximum atomic E-state index is 12.1. The number of imidazole rings is 1. The van der Waals surface area contributed by atoms with Gasteiger partial charge in [-0.3, -0.25) is 10.1 Å². The molecule has 7 nitrogen and oxygen atoms in total. The van der Waals surface area contributed by atoms with E-state index in [1.807, 2.05) is 36.4 Å². The van der Waals surface area contributed by atoms with E-state index in [1.165, 1.54) is 0 Å². The first kappa shape index (κ1) is 17.2. The molecule has 0 saturated heterocycles. The van der Waals surface area contributed by atoms with Crippen molar-refractivity contribution in [2.75, 3.05) is 5.32 Å². The molecule has 0 aliphatic heterocycles. The van der Waals surface area contributed by atoms with E-state index >= 15 is 0 Å². The largest absolute Gasteiger partial charge is 0.339 e. The molecule has 0 aliphatic carbocycles. The number of benzene rings is 2. The number of carbonyl (C=O) groups excluding carboxylic acids is 1. The number of aromatic nitrogens is 4. The van der Waals surface area contributed by atoms with Crippen LogP contribution in [-0.4, -0.2) is 26.0 Å². The number of hydrogen-bond donors (Lipinski definition) is 2. The highest BCUT2D eigenvalue weighted by Crippen LogP contribution is 2.19. The van der Waals surface area contributed by atoms with E-state index < -0.39 is 0 Å². The minimum absolute atomic E-state index is 0.119. The van der Waals surface area contributed by atoms with Gasteiger partial charge in [-0.25, -0.2) is 4.98 Å². The second-order valence-corrected chi connectivity index (χ2v) is 6.46. The number of carbonyl (C=O) groups is 1. The highest BCUT2D eigenvalue weighted by atomic mass is 35.5. The number of hydrogen-bond acceptors (Lipinski definition) is 5. The Hall–Kier alpha value is -3.19. The van der Waals surface area contributed by atoms with Gasteiger partial charge in [-0.05, 0) is 42.8 Å². The van der Waals surface area contributed by atoms with Crippen molar-refractivity contribution in [2.24, 2.45) is 0 Å². The zero-order chi connectivity index (χ0) is 18.6. The van der Waals surface area contributed by atoms with Crippen LogP contribution in [0.25, 0.3) is 22.4 Å². The molecular formula is C19H16ClN5O2. The third kappa shape index (κ3) is 4.15. The molecule has 0 radical (unpaired) electrons. The number of nitrogens with one attached hydrogen (secondary N) is 2. The van der Waals surface area contributed by atoms with Crippen molar-refractivity contribution in [2.45, 2.75) is 19.3 Å². The van der Waals surface area contributed by atoms with E-state index in [4.69, 9.17) is 16.1 Å². The van der Waals surface area contributed by atoms with Crippen molar-refractivity contribution in [1.29, 1.82) is 0 Å². The monoisotopic (exact) mass is 381 g/mol. The molecule has 2 heterocycles. The van der Waals surface area contributed by atoms with Crippen LogP contribution >= 0.6 is 11.6 Å². The molecule has 0 atom stereocenters. The predicted molar refractivity (Wildman–Crippen MR) is 102 cm³/mol. The Balaban J connectivity index is 1.29. The number of aryl methyl sites for hydroxylation is 1. The lowest BCUT2D eigenvalue weighted by atomic mass is 10.2. The van der Waals surface area contributed by atoms with Gasteiger partial charge >= 0.3 is 0 Å². The quantitative estimate of drug-likeness (QED) is 0.521. The van der Waals surface area contributed by atoms with Gasteiger partial charge in [0.15, 0.2) is 0 Å². The lowest BCUT2D eigenvalue weighted by molar-refractivity contribution is -0.116. The Labute approximate surface area is 159 Å². The van der Waals surface area contributed by atoms with Gasteiger partial charge in [-0.2, -0.15) is 4.98 Å². The summed E-state index contributed by atoms with van der Waals surface area (Å²) in [6.07, 6.45) is 1.44. The molecule has 2 N–H and O–H groups in total. The summed E-state index contributed by atoms with van der Waals surface area (Å²) in [6.45, 7) is 0. The van der Waals surface area contributed by atoms with E-state index in [1.54, 1.807) is 12.1 Å². The normalized spacial score (nSPS) is 11.0. The van der Waals surface area contributed by atoms with Crippen LogP contribution in [-0.2, 0) is 11.2 Å². The smallest absolute Gasteiger partial charge is 0.226 e. The second kappa shape index (κ2) is 7.59. The number of fused-ring (bicyclic) bond motifs is 1. The Morgan fingerprint density at radius 2 is 1.93 bits per heavy atom. The number of anilines is 1. The summed E-state index contributed by atoms with van der Waals surface area (Å²) in [5, 5.41) is 7.38. The highest BCUT2D eigenvalue weighted by Gasteiger charge is 2.11. The molecule has 136 valence electrons. The SMILES string of the molecule is O=C(CCCc1nc(-c2ccc(Cl)cc2)no1)Nc1nc2ccccc2[nH]1. The van der Waals surface area contributed by atoms with Crippen molar-refractivity contribution in [3.63, 3.8) is 0 Å². The third-order valence-corrected chi connectivity index (χ3v) is 4.26. The minimum atomic E-state index is -0.119. The third-order valence-electron chi connectivity index (χ3n) is 4.01. The van der Waals surface area contributed by atoms with E-state index in [0.717, 1.165) is 16.6 Å². The zero-order valence-corrected chi connectivity index (χ0v) is 15.0. The van der Waals surface area contributed by atoms with Crippen molar-refractivity contribution in [1.82, 2.24) is 20.1 Å². The molecule has 0 saturated carbocycles. The van der Waals surface area contributed by atoms with Gasteiger partial charge in [0.1, 0.15) is 0 Å². The van der Waals surface area contributed by atoms with Gasteiger partial charge in [0.25, 0.3) is 0 Å². The first-order valence-electron chi connectivity index (χ1n) is 8.50. The summed E-state index contributed by atoms with van der Waals surface area (Å²) in [6, 6.07) is 14.8. The summed E-state index contributed by atoms with van der Waals surface area (Å²) in [7, 11) is 0. The van der Waals surface area contributed by atoms with Gasteiger partial charge in [-0.1, -0.05) is 28.9 Å². The summed E-state index contributed by atoms with van der Waals surface area (Å²) in [4.78, 5) is 23.8. The standard InChI is InChI=1S/C19H16ClN5O2/c20-13-10-8-12(9-11-13)18-24-17(27-25-18)7-3-6-16(26)23-19-21-14-4-1-2-5-15(14)22-19/h1-2,4-5,8-11H,3,6-7H2,(H2,21,22,23,26). The number of amides is 1. The Kier molecular flexibility index (Phi) is 4.84. The van der Waals surface area contributed by atoms with E-state index in [-0.39, 0.29) is 5.91 Å². The summed E-state index contributed by atoms with van der Waals surface area (Å²) in [5.41, 5.74) is 2.53. The molecule has 0 spiro atoms. The second-order valence-electron chi connectivity index (χ2n) is 6.02. The molecule has 0 aliphatic rings. The lowest BCUT2D eigenvalue weighted by Gasteiger charge is -2.00. The minimum Gasteiger partial charge on any atom is -0.339 e. The Morgan fingerprint density at radius 3 is 2.74 bits per heavy atom. The van der Waals surface area contributed by atoms with Crippen molar-refractivity contribution < 1.29 is 9.32 Å². The fourth-order valence-corrected chi connectivity index (χ4v) is 2.81. The number of H-pyrrole nitrogens is 1. The zero-order valence-electron chi connectivity index (χ0n) is 14.3. The Bertz CT molecular complexity index is 1040. The van der Waals surface area contributed by atoms with Gasteiger partial charge in [-0.15, -0.1) is 0 Å². The molecule has 0 fully saturated rings. The van der Waals surface area contributed by atoms with Gasteiger partial charge in [0, 0.05) is 23.4 Å². The van der Waals surface area contributed by atoms with E-state index in [0.29, 0.717) is 41.9 Å². The molecule has 0 unspecified atom stereocenters. The maximum absolute atomic E-state index is 12.1. The number of aromatic amines is 1. The maximum Gasteiger partial charge on any atom is 0.226 e. The topological polar surface area (TPSA) is 96.7 Å². The highest BCUT2D eigenvalue weighted by molar-refractivity contribution is 6.30. The fourth-order valence-electron chi connectivity index (χ4n) is 2.68. The van der Waals surface area contributed by atoms with Crippen LogP contribution in [0.4, 0.5) is 5.95 Å². The lowest BCUT2D eigenvalue weighted by Crippen LogP contribution is -2.12. The van der Waals surface area contributed by atoms with Crippen molar-refractivity contribution in [3.8, 4) is 11.4 Å². The average Bonchev–Trinajstić information content (AvgIpc) is 3.28. The predicted octanol–water partition coefficient (Wildman–Crippen LogP) is 4.23. The first-order valence-corrected chi connectivity index (χ1v) is 8.88. The molecule has 4 rings (SSSR count). The first-order chi connectivity index (χ1) is 13.2. The molecule has 1 amide bonds. The molecular weight excluding hydrogens is 366 g/mol. The van der Waals surface area contributed by atoms with Crippen LogP contribution in [0.1, 0.15) is 18.7 Å². The van der Waals surface area contributed by atoms with Crippen LogP contribution in [0.15, 0.2) is 53.1 Å². The number of nitrogens with zero attached hydrogens (tertiary/aromatic N) is 3. The molecule has 0 bridgehead atoms. The van der Waals surface area contributed by atoms with E-state index in [9.17, 15) is 4.79 Å². The van der Waals surface area contributed by atoms with Gasteiger partial charge in [0.2, 0.25) is 23.6 Å². The summed E-state index contributed by atoms with van der Waals surface area (Å²) < 4.78 is 5.24. The molecule has 27 heavy (non-hydrogen) atoms. The van der Waals surface area contributed by atoms with Crippen molar-refractivity contribution in [3.05, 3.63) is 59.4 Å². The van der Waals surface area contributed by atoms with Gasteiger partial charge in [0.05, 0.1) is 11.0 Å². The number of para-hydroxylation sites is 2. The Morgan fingerprint density at radius 1 is 1.11 bits per heavy atom. The molecule has 4 aromatic rings. The average molecular weight is 382 g/mol. The summed E-state index contributed by atoms with van der Waals surface area (Å²) >= 11 is 5.87. The number of rotatable bonds is 6. The van der Waals surface area contributed by atoms with Crippen LogP contribution in [0.2, 0.25) is 5.02 Å². The van der Waals surface area contributed by atoms with E-state index in [2.05, 4.69) is 25.4 Å². The van der Waals surface area contributed by atoms with Crippen molar-refractivity contribution >= 4 is 34.5 Å². The van der Waals surface area contributed by atoms with Crippen LogP contribution < -0.4 is 5.32 Å². The van der Waals surface area contributed by atoms with Crippen LogP contribution in [0.3, 0.4) is 0 Å².